The number of carbonyl (C=O) groups excluding carboxylic acids is 2. The molecule has 2 heterocycles. The van der Waals surface area contributed by atoms with Gasteiger partial charge in [-0.05, 0) is 43.4 Å². The maximum absolute atomic E-state index is 13.5. The summed E-state index contributed by atoms with van der Waals surface area (Å²) in [6, 6.07) is 11.5. The van der Waals surface area contributed by atoms with E-state index in [0.29, 0.717) is 41.1 Å². The fraction of sp³-hybridized carbons (Fsp3) is 0.320. The third-order valence-electron chi connectivity index (χ3n) is 6.03. The van der Waals surface area contributed by atoms with Crippen molar-refractivity contribution in [2.45, 2.75) is 46.5 Å². The molecule has 0 saturated carbocycles. The highest BCUT2D eigenvalue weighted by molar-refractivity contribution is 6.09. The normalized spacial score (nSPS) is 19.6. The summed E-state index contributed by atoms with van der Waals surface area (Å²) < 4.78 is 0. The van der Waals surface area contributed by atoms with Gasteiger partial charge in [0.05, 0.1) is 4.92 Å². The molecule has 0 saturated heterocycles. The van der Waals surface area contributed by atoms with E-state index in [1.807, 2.05) is 26.8 Å². The van der Waals surface area contributed by atoms with E-state index in [9.17, 15) is 19.7 Å². The highest BCUT2D eigenvalue weighted by atomic mass is 16.6. The predicted molar refractivity (Wildman–Crippen MR) is 124 cm³/mol. The molecular weight excluding hydrogens is 420 g/mol. The molecule has 1 aromatic heterocycles. The number of Topliss-reactive ketones (excluding diaryl/α,β-unsaturated/α-hetero) is 1. The van der Waals surface area contributed by atoms with E-state index in [2.05, 4.69) is 15.6 Å². The smallest absolute Gasteiger partial charge is 0.269 e. The lowest BCUT2D eigenvalue weighted by Gasteiger charge is -2.39. The summed E-state index contributed by atoms with van der Waals surface area (Å²) in [5, 5.41) is 17.6. The molecule has 4 rings (SSSR count). The molecule has 2 aliphatic rings. The van der Waals surface area contributed by atoms with Gasteiger partial charge in [0.25, 0.3) is 11.6 Å². The molecule has 2 aromatic rings. The molecule has 2 N–H and O–H groups in total. The predicted octanol–water partition coefficient (Wildman–Crippen LogP) is 4.54. The number of hydrogen-bond acceptors (Lipinski definition) is 6. The topological polar surface area (TPSA) is 114 Å². The van der Waals surface area contributed by atoms with Crippen molar-refractivity contribution in [3.8, 4) is 0 Å². The Morgan fingerprint density at radius 2 is 1.91 bits per heavy atom. The summed E-state index contributed by atoms with van der Waals surface area (Å²) in [4.78, 5) is 42.1. The monoisotopic (exact) mass is 446 g/mol. The lowest BCUT2D eigenvalue weighted by molar-refractivity contribution is -0.384. The van der Waals surface area contributed by atoms with E-state index in [4.69, 9.17) is 0 Å². The highest BCUT2D eigenvalue weighted by Gasteiger charge is 2.43. The number of nitrogens with zero attached hydrogens (tertiary/aromatic N) is 2. The Kier molecular flexibility index (Phi) is 5.61. The number of carbonyl (C=O) groups is 2. The Balaban J connectivity index is 1.84. The number of dihydropyridines is 1. The molecule has 1 atom stereocenters. The standard InChI is InChI=1S/C25H26N4O4/c1-14-7-5-10-20(26-14)28-24(31)21-15(2)27-18-12-25(3,4)13-19(30)23(18)22(21)16-8-6-9-17(11-16)29(32)33/h5-11,22,27H,12-13H2,1-4H3,(H,26,28,31)/t22-/m0/s1. The third kappa shape index (κ3) is 4.41. The van der Waals surface area contributed by atoms with E-state index < -0.39 is 16.7 Å². The average molecular weight is 447 g/mol. The van der Waals surface area contributed by atoms with Gasteiger partial charge in [-0.25, -0.2) is 4.98 Å². The number of non-ortho nitro benzene ring substituents is 1. The molecule has 8 heteroatoms. The van der Waals surface area contributed by atoms with Crippen molar-refractivity contribution in [1.82, 2.24) is 10.3 Å². The first-order chi connectivity index (χ1) is 15.6. The van der Waals surface area contributed by atoms with Gasteiger partial charge in [-0.2, -0.15) is 0 Å². The molecule has 1 amide bonds. The third-order valence-corrected chi connectivity index (χ3v) is 6.03. The first kappa shape index (κ1) is 22.4. The summed E-state index contributed by atoms with van der Waals surface area (Å²) in [6.07, 6.45) is 0.984. The fourth-order valence-corrected chi connectivity index (χ4v) is 4.68. The van der Waals surface area contributed by atoms with Crippen LogP contribution in [0.3, 0.4) is 0 Å². The molecule has 0 spiro atoms. The van der Waals surface area contributed by atoms with Gasteiger partial charge < -0.3 is 10.6 Å². The number of nitro benzene ring substituents is 1. The molecule has 1 aliphatic carbocycles. The second kappa shape index (κ2) is 8.27. The second-order valence-corrected chi connectivity index (χ2v) is 9.40. The van der Waals surface area contributed by atoms with Crippen LogP contribution in [0.2, 0.25) is 0 Å². The minimum Gasteiger partial charge on any atom is -0.362 e. The molecule has 8 nitrogen and oxygen atoms in total. The van der Waals surface area contributed by atoms with Crippen molar-refractivity contribution in [2.75, 3.05) is 5.32 Å². The zero-order chi connectivity index (χ0) is 23.9. The number of nitrogens with one attached hydrogen (secondary N) is 2. The molecule has 0 radical (unpaired) electrons. The minimum absolute atomic E-state index is 0.0586. The molecule has 0 fully saturated rings. The van der Waals surface area contributed by atoms with Crippen LogP contribution in [0, 0.1) is 22.5 Å². The number of nitro groups is 1. The van der Waals surface area contributed by atoms with E-state index in [-0.39, 0.29) is 16.9 Å². The molecule has 33 heavy (non-hydrogen) atoms. The molecule has 1 aliphatic heterocycles. The van der Waals surface area contributed by atoms with E-state index >= 15 is 0 Å². The fourth-order valence-electron chi connectivity index (χ4n) is 4.68. The van der Waals surface area contributed by atoms with Crippen molar-refractivity contribution in [2.24, 2.45) is 5.41 Å². The number of amides is 1. The first-order valence-electron chi connectivity index (χ1n) is 10.8. The van der Waals surface area contributed by atoms with Crippen LogP contribution < -0.4 is 10.6 Å². The number of aryl methyl sites for hydroxylation is 1. The van der Waals surface area contributed by atoms with Gasteiger partial charge in [-0.1, -0.05) is 32.0 Å². The first-order valence-corrected chi connectivity index (χ1v) is 10.8. The van der Waals surface area contributed by atoms with Gasteiger partial charge in [0.1, 0.15) is 5.82 Å². The second-order valence-electron chi connectivity index (χ2n) is 9.40. The summed E-state index contributed by atoms with van der Waals surface area (Å²) in [7, 11) is 0. The summed E-state index contributed by atoms with van der Waals surface area (Å²) in [5.74, 6) is -0.779. The molecule has 170 valence electrons. The molecule has 0 bridgehead atoms. The van der Waals surface area contributed by atoms with Gasteiger partial charge >= 0.3 is 0 Å². The summed E-state index contributed by atoms with van der Waals surface area (Å²) >= 11 is 0. The number of ketones is 1. The SMILES string of the molecule is CC1=C(C(=O)Nc2cccc(C)n2)[C@H](c2cccc([N+](=O)[O-])c2)C2=C(CC(C)(C)CC2=O)N1. The van der Waals surface area contributed by atoms with Crippen LogP contribution in [0.25, 0.3) is 0 Å². The highest BCUT2D eigenvalue weighted by Crippen LogP contribution is 2.47. The summed E-state index contributed by atoms with van der Waals surface area (Å²) in [6.45, 7) is 7.68. The minimum atomic E-state index is -0.713. The van der Waals surface area contributed by atoms with Crippen LogP contribution >= 0.6 is 0 Å². The number of anilines is 1. The number of allylic oxidation sites excluding steroid dienone is 3. The van der Waals surface area contributed by atoms with Gasteiger partial charge in [0.2, 0.25) is 0 Å². The molecular formula is C25H26N4O4. The van der Waals surface area contributed by atoms with E-state index in [1.165, 1.54) is 12.1 Å². The van der Waals surface area contributed by atoms with Gasteiger partial charge in [0.15, 0.2) is 5.78 Å². The Morgan fingerprint density at radius 3 is 2.61 bits per heavy atom. The van der Waals surface area contributed by atoms with Crippen LogP contribution in [0.5, 0.6) is 0 Å². The van der Waals surface area contributed by atoms with Crippen LogP contribution in [0.4, 0.5) is 11.5 Å². The maximum atomic E-state index is 13.5. The number of aromatic nitrogens is 1. The van der Waals surface area contributed by atoms with Crippen LogP contribution in [0.1, 0.15) is 50.8 Å². The Labute approximate surface area is 192 Å². The van der Waals surface area contributed by atoms with Gasteiger partial charge in [-0.15, -0.1) is 0 Å². The van der Waals surface area contributed by atoms with Crippen LogP contribution in [0.15, 0.2) is 65.0 Å². The van der Waals surface area contributed by atoms with Crippen LogP contribution in [-0.4, -0.2) is 21.6 Å². The lowest BCUT2D eigenvalue weighted by atomic mass is 9.68. The van der Waals surface area contributed by atoms with Crippen molar-refractivity contribution in [3.63, 3.8) is 0 Å². The zero-order valence-electron chi connectivity index (χ0n) is 19.1. The van der Waals surface area contributed by atoms with E-state index in [1.54, 1.807) is 31.2 Å². The Morgan fingerprint density at radius 1 is 1.18 bits per heavy atom. The van der Waals surface area contributed by atoms with Crippen molar-refractivity contribution >= 4 is 23.2 Å². The van der Waals surface area contributed by atoms with Gasteiger partial charge in [-0.3, -0.25) is 19.7 Å². The van der Waals surface area contributed by atoms with E-state index in [0.717, 1.165) is 11.4 Å². The maximum Gasteiger partial charge on any atom is 0.269 e. The number of rotatable bonds is 4. The Hall–Kier alpha value is -3.81. The van der Waals surface area contributed by atoms with Gasteiger partial charge in [0, 0.05) is 52.7 Å². The number of hydrogen-bond donors (Lipinski definition) is 2. The largest absolute Gasteiger partial charge is 0.362 e. The summed E-state index contributed by atoms with van der Waals surface area (Å²) in [5.41, 5.74) is 3.22. The number of pyridine rings is 1. The van der Waals surface area contributed by atoms with Crippen LogP contribution in [-0.2, 0) is 9.59 Å². The quantitative estimate of drug-likeness (QED) is 0.526. The molecule has 0 unspecified atom stereocenters. The van der Waals surface area contributed by atoms with Crippen molar-refractivity contribution < 1.29 is 14.5 Å². The number of benzene rings is 1. The lowest BCUT2D eigenvalue weighted by Crippen LogP contribution is -2.39. The average Bonchev–Trinajstić information content (AvgIpc) is 2.71. The van der Waals surface area contributed by atoms with Crippen molar-refractivity contribution in [3.05, 3.63) is 86.4 Å². The zero-order valence-corrected chi connectivity index (χ0v) is 19.1. The van der Waals surface area contributed by atoms with Crippen molar-refractivity contribution in [1.29, 1.82) is 0 Å². The Bertz CT molecular complexity index is 1240. The molecule has 1 aromatic carbocycles.